The molecular weight excluding hydrogens is 297 g/mol. The van der Waals surface area contributed by atoms with Crippen molar-refractivity contribution in [3.63, 3.8) is 0 Å². The van der Waals surface area contributed by atoms with E-state index in [-0.39, 0.29) is 24.2 Å². The van der Waals surface area contributed by atoms with Gasteiger partial charge in [0.25, 0.3) is 0 Å². The van der Waals surface area contributed by atoms with Gasteiger partial charge in [-0.15, -0.1) is 0 Å². The average molecular weight is 321 g/mol. The summed E-state index contributed by atoms with van der Waals surface area (Å²) in [6.07, 6.45) is 0.477. The zero-order valence-corrected chi connectivity index (χ0v) is 14.1. The number of hydrogen-bond acceptors (Lipinski definition) is 3. The highest BCUT2D eigenvalue weighted by Gasteiger charge is 2.47. The highest BCUT2D eigenvalue weighted by Crippen LogP contribution is 2.30. The summed E-state index contributed by atoms with van der Waals surface area (Å²) in [6.45, 7) is 6.32. The van der Waals surface area contributed by atoms with E-state index in [0.29, 0.717) is 18.7 Å². The molecule has 1 fully saturated rings. The highest BCUT2D eigenvalue weighted by atomic mass is 19.1. The van der Waals surface area contributed by atoms with Crippen molar-refractivity contribution in [2.45, 2.75) is 32.7 Å². The number of nitrogens with zero attached hydrogens (tertiary/aromatic N) is 1. The van der Waals surface area contributed by atoms with Gasteiger partial charge in [0, 0.05) is 24.7 Å². The van der Waals surface area contributed by atoms with Gasteiger partial charge in [0.1, 0.15) is 11.4 Å². The monoisotopic (exact) mass is 321 g/mol. The van der Waals surface area contributed by atoms with Gasteiger partial charge in [0.05, 0.1) is 6.54 Å². The molecule has 2 rings (SSSR count). The molecule has 23 heavy (non-hydrogen) atoms. The number of halogens is 1. The molecule has 2 amide bonds. The zero-order valence-electron chi connectivity index (χ0n) is 14.1. The number of amides is 2. The normalized spacial score (nSPS) is 21.2. The van der Waals surface area contributed by atoms with Gasteiger partial charge in [0.2, 0.25) is 11.8 Å². The lowest BCUT2D eigenvalue weighted by molar-refractivity contribution is -0.138. The first-order valence-corrected chi connectivity index (χ1v) is 7.73. The molecule has 1 aliphatic heterocycles. The summed E-state index contributed by atoms with van der Waals surface area (Å²) >= 11 is 0. The quantitative estimate of drug-likeness (QED) is 0.895. The van der Waals surface area contributed by atoms with E-state index in [2.05, 4.69) is 10.6 Å². The second kappa shape index (κ2) is 6.18. The first-order chi connectivity index (χ1) is 10.7. The van der Waals surface area contributed by atoms with E-state index in [1.165, 1.54) is 12.1 Å². The van der Waals surface area contributed by atoms with E-state index in [9.17, 15) is 14.0 Å². The molecule has 1 aliphatic rings. The van der Waals surface area contributed by atoms with Crippen molar-refractivity contribution in [3.8, 4) is 0 Å². The van der Waals surface area contributed by atoms with E-state index < -0.39 is 11.0 Å². The summed E-state index contributed by atoms with van der Waals surface area (Å²) in [7, 11) is 1.56. The summed E-state index contributed by atoms with van der Waals surface area (Å²) in [5.74, 6) is -0.571. The number of nitrogens with one attached hydrogen (secondary N) is 2. The SMILES string of the molecule is CNC(=O)C1(Nc2cccc(F)c2)CCN(C(=O)C(C)(C)C)C1. The van der Waals surface area contributed by atoms with Crippen molar-refractivity contribution >= 4 is 17.5 Å². The minimum Gasteiger partial charge on any atom is -0.370 e. The molecule has 5 nitrogen and oxygen atoms in total. The maximum Gasteiger partial charge on any atom is 0.247 e. The van der Waals surface area contributed by atoms with Gasteiger partial charge in [-0.3, -0.25) is 9.59 Å². The Morgan fingerprint density at radius 3 is 2.57 bits per heavy atom. The molecule has 0 spiro atoms. The van der Waals surface area contributed by atoms with Crippen LogP contribution < -0.4 is 10.6 Å². The molecular formula is C17H24FN3O2. The number of anilines is 1. The lowest BCUT2D eigenvalue weighted by atomic mass is 9.94. The third-order valence-electron chi connectivity index (χ3n) is 4.07. The van der Waals surface area contributed by atoms with Gasteiger partial charge >= 0.3 is 0 Å². The highest BCUT2D eigenvalue weighted by molar-refractivity contribution is 5.92. The molecule has 0 radical (unpaired) electrons. The maximum atomic E-state index is 13.4. The number of hydrogen-bond donors (Lipinski definition) is 2. The van der Waals surface area contributed by atoms with Gasteiger partial charge in [0.15, 0.2) is 0 Å². The van der Waals surface area contributed by atoms with Crippen LogP contribution in [0.2, 0.25) is 0 Å². The molecule has 2 N–H and O–H groups in total. The zero-order chi connectivity index (χ0) is 17.3. The van der Waals surface area contributed by atoms with Crippen LogP contribution in [0.3, 0.4) is 0 Å². The molecule has 1 aromatic rings. The first-order valence-electron chi connectivity index (χ1n) is 7.73. The summed E-state index contributed by atoms with van der Waals surface area (Å²) in [5, 5.41) is 5.78. The number of benzene rings is 1. The number of likely N-dealkylation sites (N-methyl/N-ethyl adjacent to an activating group) is 1. The molecule has 1 atom stereocenters. The van der Waals surface area contributed by atoms with Crippen molar-refractivity contribution in [2.24, 2.45) is 5.41 Å². The fourth-order valence-electron chi connectivity index (χ4n) is 2.88. The molecule has 0 bridgehead atoms. The van der Waals surface area contributed by atoms with E-state index >= 15 is 0 Å². The molecule has 0 aromatic heterocycles. The van der Waals surface area contributed by atoms with Crippen LogP contribution in [0.4, 0.5) is 10.1 Å². The van der Waals surface area contributed by atoms with Gasteiger partial charge < -0.3 is 15.5 Å². The smallest absolute Gasteiger partial charge is 0.247 e. The van der Waals surface area contributed by atoms with Crippen LogP contribution in [0.1, 0.15) is 27.2 Å². The number of carbonyl (C=O) groups excluding carboxylic acids is 2. The molecule has 6 heteroatoms. The number of carbonyl (C=O) groups is 2. The van der Waals surface area contributed by atoms with Crippen molar-refractivity contribution in [2.75, 3.05) is 25.5 Å². The van der Waals surface area contributed by atoms with Crippen LogP contribution in [-0.2, 0) is 9.59 Å². The van der Waals surface area contributed by atoms with Gasteiger partial charge in [-0.05, 0) is 24.6 Å². The van der Waals surface area contributed by atoms with Crippen LogP contribution >= 0.6 is 0 Å². The number of likely N-dealkylation sites (tertiary alicyclic amines) is 1. The Hall–Kier alpha value is -2.11. The largest absolute Gasteiger partial charge is 0.370 e. The average Bonchev–Trinajstić information content (AvgIpc) is 2.89. The fraction of sp³-hybridized carbons (Fsp3) is 0.529. The molecule has 0 saturated carbocycles. The predicted octanol–water partition coefficient (Wildman–Crippen LogP) is 2.00. The Bertz CT molecular complexity index is 612. The summed E-state index contributed by atoms with van der Waals surface area (Å²) in [5.41, 5.74) is -0.917. The molecule has 1 aromatic carbocycles. The minimum atomic E-state index is -0.941. The standard InChI is InChI=1S/C17H24FN3O2/c1-16(2,3)15(23)21-9-8-17(11-21,14(22)19-4)20-13-7-5-6-12(18)10-13/h5-7,10,20H,8-9,11H2,1-4H3,(H,19,22). The third kappa shape index (κ3) is 3.63. The second-order valence-corrected chi connectivity index (χ2v) is 7.02. The Morgan fingerprint density at radius 1 is 1.30 bits per heavy atom. The Labute approximate surface area is 136 Å². The van der Waals surface area contributed by atoms with E-state index in [4.69, 9.17) is 0 Å². The molecule has 0 aliphatic carbocycles. The first kappa shape index (κ1) is 17.2. The Morgan fingerprint density at radius 2 is 2.00 bits per heavy atom. The van der Waals surface area contributed by atoms with E-state index in [1.807, 2.05) is 20.8 Å². The lowest BCUT2D eigenvalue weighted by Gasteiger charge is -2.31. The van der Waals surface area contributed by atoms with Crippen LogP contribution in [0.25, 0.3) is 0 Å². The van der Waals surface area contributed by atoms with Crippen LogP contribution in [0.5, 0.6) is 0 Å². The van der Waals surface area contributed by atoms with E-state index in [0.717, 1.165) is 0 Å². The molecule has 1 unspecified atom stereocenters. The fourth-order valence-corrected chi connectivity index (χ4v) is 2.88. The summed E-state index contributed by atoms with van der Waals surface area (Å²) in [6, 6.07) is 5.99. The van der Waals surface area contributed by atoms with Crippen LogP contribution in [0.15, 0.2) is 24.3 Å². The predicted molar refractivity (Wildman–Crippen MR) is 87.5 cm³/mol. The Kier molecular flexibility index (Phi) is 4.63. The second-order valence-electron chi connectivity index (χ2n) is 7.02. The molecule has 126 valence electrons. The lowest BCUT2D eigenvalue weighted by Crippen LogP contribution is -2.54. The molecule has 1 heterocycles. The van der Waals surface area contributed by atoms with Crippen LogP contribution in [-0.4, -0.2) is 42.4 Å². The van der Waals surface area contributed by atoms with Gasteiger partial charge in [-0.1, -0.05) is 26.8 Å². The van der Waals surface area contributed by atoms with Crippen molar-refractivity contribution in [1.29, 1.82) is 0 Å². The summed E-state index contributed by atoms with van der Waals surface area (Å²) < 4.78 is 13.4. The van der Waals surface area contributed by atoms with Crippen molar-refractivity contribution in [1.82, 2.24) is 10.2 Å². The minimum absolute atomic E-state index is 0.00400. The van der Waals surface area contributed by atoms with Crippen LogP contribution in [0, 0.1) is 11.2 Å². The van der Waals surface area contributed by atoms with Gasteiger partial charge in [-0.2, -0.15) is 0 Å². The Balaban J connectivity index is 2.25. The molecule has 1 saturated heterocycles. The van der Waals surface area contributed by atoms with Gasteiger partial charge in [-0.25, -0.2) is 4.39 Å². The maximum absolute atomic E-state index is 13.4. The third-order valence-corrected chi connectivity index (χ3v) is 4.07. The summed E-state index contributed by atoms with van der Waals surface area (Å²) in [4.78, 5) is 26.6. The number of rotatable bonds is 3. The van der Waals surface area contributed by atoms with E-state index in [1.54, 1.807) is 24.1 Å². The topological polar surface area (TPSA) is 61.4 Å². The van der Waals surface area contributed by atoms with Crippen molar-refractivity contribution < 1.29 is 14.0 Å². The van der Waals surface area contributed by atoms with Crippen molar-refractivity contribution in [3.05, 3.63) is 30.1 Å².